The molecule has 1 aromatic heterocycles. The number of methoxy groups -OCH3 is 5. The SMILES string of the molecule is COc1ccc(C(=O)N(/N=C/c2cc(OC)c(OC)c(OC)c2)c2nc3ccc(F)cc3s2)cc1OC. The van der Waals surface area contributed by atoms with E-state index in [4.69, 9.17) is 23.7 Å². The number of ether oxygens (including phenoxy) is 5. The minimum Gasteiger partial charge on any atom is -0.493 e. The average molecular weight is 526 g/mol. The number of fused-ring (bicyclic) bond motifs is 1. The van der Waals surface area contributed by atoms with E-state index in [1.165, 1.54) is 53.9 Å². The fourth-order valence-electron chi connectivity index (χ4n) is 3.56. The summed E-state index contributed by atoms with van der Waals surface area (Å²) in [5.74, 6) is 1.25. The first-order valence-electron chi connectivity index (χ1n) is 10.9. The molecule has 0 aliphatic heterocycles. The molecule has 0 unspecified atom stereocenters. The molecule has 0 aliphatic carbocycles. The number of nitrogens with zero attached hydrogens (tertiary/aromatic N) is 3. The molecular weight excluding hydrogens is 501 g/mol. The van der Waals surface area contributed by atoms with Crippen molar-refractivity contribution in [2.45, 2.75) is 0 Å². The molecule has 0 radical (unpaired) electrons. The van der Waals surface area contributed by atoms with Crippen LogP contribution in [0.1, 0.15) is 15.9 Å². The van der Waals surface area contributed by atoms with Crippen LogP contribution in [0.4, 0.5) is 9.52 Å². The maximum atomic E-state index is 13.8. The van der Waals surface area contributed by atoms with Crippen molar-refractivity contribution in [1.82, 2.24) is 4.98 Å². The number of hydrogen-bond acceptors (Lipinski definition) is 9. The van der Waals surface area contributed by atoms with Gasteiger partial charge in [0.05, 0.1) is 52.0 Å². The molecule has 0 spiro atoms. The van der Waals surface area contributed by atoms with E-state index in [2.05, 4.69) is 10.1 Å². The molecule has 37 heavy (non-hydrogen) atoms. The molecule has 192 valence electrons. The van der Waals surface area contributed by atoms with Gasteiger partial charge in [-0.15, -0.1) is 0 Å². The standard InChI is InChI=1S/C26H24FN3O6S/c1-32-19-9-6-16(12-20(19)33-2)25(31)30(26-29-18-8-7-17(27)13-23(18)37-26)28-14-15-10-21(34-3)24(36-5)22(11-15)35-4/h6-14H,1-5H3/b28-14+. The largest absolute Gasteiger partial charge is 0.493 e. The number of aromatic nitrogens is 1. The Balaban J connectivity index is 1.80. The number of thiazole rings is 1. The zero-order chi connectivity index (χ0) is 26.5. The van der Waals surface area contributed by atoms with Crippen molar-refractivity contribution in [2.24, 2.45) is 5.10 Å². The third-order valence-corrected chi connectivity index (χ3v) is 6.35. The van der Waals surface area contributed by atoms with E-state index in [-0.39, 0.29) is 10.7 Å². The van der Waals surface area contributed by atoms with Crippen molar-refractivity contribution in [3.8, 4) is 28.7 Å². The summed E-state index contributed by atoms with van der Waals surface area (Å²) < 4.78 is 41.2. The summed E-state index contributed by atoms with van der Waals surface area (Å²) in [6, 6.07) is 12.4. The number of rotatable bonds is 9. The lowest BCUT2D eigenvalue weighted by Crippen LogP contribution is -2.25. The second-order valence-electron chi connectivity index (χ2n) is 7.50. The lowest BCUT2D eigenvalue weighted by Gasteiger charge is -2.16. The van der Waals surface area contributed by atoms with E-state index in [1.54, 1.807) is 36.4 Å². The van der Waals surface area contributed by atoms with Crippen molar-refractivity contribution < 1.29 is 32.9 Å². The Hall–Kier alpha value is -4.38. The highest BCUT2D eigenvalue weighted by molar-refractivity contribution is 7.22. The van der Waals surface area contributed by atoms with E-state index in [1.807, 2.05) is 0 Å². The van der Waals surface area contributed by atoms with Crippen molar-refractivity contribution in [3.05, 3.63) is 65.5 Å². The summed E-state index contributed by atoms with van der Waals surface area (Å²) in [7, 11) is 7.51. The highest BCUT2D eigenvalue weighted by Crippen LogP contribution is 2.38. The van der Waals surface area contributed by atoms with Crippen LogP contribution < -0.4 is 28.7 Å². The average Bonchev–Trinajstić information content (AvgIpc) is 3.34. The Morgan fingerprint density at radius 1 is 0.865 bits per heavy atom. The van der Waals surface area contributed by atoms with Crippen molar-refractivity contribution in [2.75, 3.05) is 40.6 Å². The second-order valence-corrected chi connectivity index (χ2v) is 8.51. The van der Waals surface area contributed by atoms with Crippen LogP contribution in [0, 0.1) is 5.82 Å². The normalized spacial score (nSPS) is 11.0. The highest BCUT2D eigenvalue weighted by atomic mass is 32.1. The van der Waals surface area contributed by atoms with Crippen LogP contribution in [0.15, 0.2) is 53.6 Å². The summed E-state index contributed by atoms with van der Waals surface area (Å²) in [4.78, 5) is 18.2. The van der Waals surface area contributed by atoms with Crippen molar-refractivity contribution in [3.63, 3.8) is 0 Å². The Kier molecular flexibility index (Phi) is 7.73. The second kappa shape index (κ2) is 11.1. The molecule has 4 rings (SSSR count). The minimum absolute atomic E-state index is 0.254. The molecular formula is C26H24FN3O6S. The molecule has 0 atom stereocenters. The smallest absolute Gasteiger partial charge is 0.280 e. The molecule has 1 amide bonds. The number of carbonyl (C=O) groups excluding carboxylic acids is 1. The van der Waals surface area contributed by atoms with Gasteiger partial charge in [0, 0.05) is 11.1 Å². The van der Waals surface area contributed by atoms with Gasteiger partial charge < -0.3 is 23.7 Å². The van der Waals surface area contributed by atoms with Crippen LogP contribution in [0.3, 0.4) is 0 Å². The van der Waals surface area contributed by atoms with E-state index in [0.29, 0.717) is 44.5 Å². The van der Waals surface area contributed by atoms with Crippen LogP contribution in [-0.2, 0) is 0 Å². The molecule has 0 bridgehead atoms. The zero-order valence-corrected chi connectivity index (χ0v) is 21.6. The third-order valence-electron chi connectivity index (χ3n) is 5.35. The summed E-state index contributed by atoms with van der Waals surface area (Å²) in [6.07, 6.45) is 1.47. The number of benzene rings is 3. The van der Waals surface area contributed by atoms with Crippen LogP contribution in [0.25, 0.3) is 10.2 Å². The zero-order valence-electron chi connectivity index (χ0n) is 20.8. The van der Waals surface area contributed by atoms with Crippen molar-refractivity contribution in [1.29, 1.82) is 0 Å². The molecule has 0 saturated heterocycles. The molecule has 1 heterocycles. The first kappa shape index (κ1) is 25.7. The number of halogens is 1. The van der Waals surface area contributed by atoms with Gasteiger partial charge in [-0.05, 0) is 48.5 Å². The molecule has 9 nitrogen and oxygen atoms in total. The molecule has 3 aromatic carbocycles. The molecule has 0 fully saturated rings. The van der Waals surface area contributed by atoms with Crippen LogP contribution in [0.5, 0.6) is 28.7 Å². The maximum absolute atomic E-state index is 13.8. The lowest BCUT2D eigenvalue weighted by molar-refractivity contribution is 0.0987. The topological polar surface area (TPSA) is 91.7 Å². The Bertz CT molecular complexity index is 1450. The van der Waals surface area contributed by atoms with Gasteiger partial charge in [0.1, 0.15) is 5.82 Å². The van der Waals surface area contributed by atoms with Crippen LogP contribution in [-0.4, -0.2) is 52.7 Å². The summed E-state index contributed by atoms with van der Waals surface area (Å²) in [5, 5.41) is 5.85. The van der Waals surface area contributed by atoms with Gasteiger partial charge in [0.15, 0.2) is 23.0 Å². The van der Waals surface area contributed by atoms with E-state index >= 15 is 0 Å². The predicted molar refractivity (Wildman–Crippen MR) is 140 cm³/mol. The number of anilines is 1. The van der Waals surface area contributed by atoms with Gasteiger partial charge in [-0.2, -0.15) is 10.1 Å². The first-order valence-corrected chi connectivity index (χ1v) is 11.7. The quantitative estimate of drug-likeness (QED) is 0.220. The number of carbonyl (C=O) groups is 1. The van der Waals surface area contributed by atoms with Crippen LogP contribution in [0.2, 0.25) is 0 Å². The number of hydrazone groups is 1. The molecule has 0 aliphatic rings. The summed E-state index contributed by atoms with van der Waals surface area (Å²) in [5.41, 5.74) is 1.39. The Morgan fingerprint density at radius 3 is 2.16 bits per heavy atom. The summed E-state index contributed by atoms with van der Waals surface area (Å²) in [6.45, 7) is 0. The monoisotopic (exact) mass is 525 g/mol. The van der Waals surface area contributed by atoms with Gasteiger partial charge in [-0.3, -0.25) is 4.79 Å². The highest BCUT2D eigenvalue weighted by Gasteiger charge is 2.23. The van der Waals surface area contributed by atoms with E-state index in [0.717, 1.165) is 16.3 Å². The molecule has 4 aromatic rings. The van der Waals surface area contributed by atoms with E-state index in [9.17, 15) is 9.18 Å². The Labute approximate surface area is 216 Å². The molecule has 11 heteroatoms. The van der Waals surface area contributed by atoms with Gasteiger partial charge in [0.25, 0.3) is 5.91 Å². The fourth-order valence-corrected chi connectivity index (χ4v) is 4.50. The number of amides is 1. The summed E-state index contributed by atoms with van der Waals surface area (Å²) >= 11 is 1.13. The Morgan fingerprint density at radius 2 is 1.54 bits per heavy atom. The lowest BCUT2D eigenvalue weighted by atomic mass is 10.2. The van der Waals surface area contributed by atoms with Gasteiger partial charge in [-0.25, -0.2) is 9.37 Å². The number of hydrogen-bond donors (Lipinski definition) is 0. The molecule has 0 N–H and O–H groups in total. The van der Waals surface area contributed by atoms with Crippen LogP contribution >= 0.6 is 11.3 Å². The first-order chi connectivity index (χ1) is 17.9. The predicted octanol–water partition coefficient (Wildman–Crippen LogP) is 5.16. The van der Waals surface area contributed by atoms with Crippen molar-refractivity contribution >= 4 is 38.8 Å². The molecule has 0 saturated carbocycles. The van der Waals surface area contributed by atoms with Gasteiger partial charge in [-0.1, -0.05) is 11.3 Å². The maximum Gasteiger partial charge on any atom is 0.280 e. The fraction of sp³-hybridized carbons (Fsp3) is 0.192. The van der Waals surface area contributed by atoms with Gasteiger partial charge in [0.2, 0.25) is 10.9 Å². The third kappa shape index (κ3) is 5.26. The van der Waals surface area contributed by atoms with Gasteiger partial charge >= 0.3 is 0 Å². The minimum atomic E-state index is -0.482. The van der Waals surface area contributed by atoms with E-state index < -0.39 is 11.7 Å².